The Morgan fingerprint density at radius 1 is 1.13 bits per heavy atom. The van der Waals surface area contributed by atoms with Crippen molar-refractivity contribution in [1.82, 2.24) is 9.97 Å². The topological polar surface area (TPSA) is 95.7 Å². The molecule has 0 saturated carbocycles. The van der Waals surface area contributed by atoms with Gasteiger partial charge in [0.15, 0.2) is 11.5 Å². The first-order valence-corrected chi connectivity index (χ1v) is 9.53. The molecule has 4 aromatic rings. The summed E-state index contributed by atoms with van der Waals surface area (Å²) in [5.41, 5.74) is 2.38. The van der Waals surface area contributed by atoms with Crippen molar-refractivity contribution in [2.24, 2.45) is 0 Å². The highest BCUT2D eigenvalue weighted by Crippen LogP contribution is 2.35. The molecule has 0 saturated heterocycles. The minimum absolute atomic E-state index is 0.155. The van der Waals surface area contributed by atoms with Crippen LogP contribution in [0.25, 0.3) is 21.9 Å². The van der Waals surface area contributed by atoms with Crippen LogP contribution < -0.4 is 14.8 Å². The molecule has 8 nitrogen and oxygen atoms in total. The Bertz CT molecular complexity index is 1190. The Morgan fingerprint density at radius 3 is 2.87 bits per heavy atom. The van der Waals surface area contributed by atoms with Gasteiger partial charge in [-0.3, -0.25) is 4.79 Å². The highest BCUT2D eigenvalue weighted by molar-refractivity contribution is 5.93. The van der Waals surface area contributed by atoms with Gasteiger partial charge < -0.3 is 23.9 Å². The average Bonchev–Trinajstić information content (AvgIpc) is 3.21. The number of ether oxygens (including phenoxy) is 3. The first-order chi connectivity index (χ1) is 14.7. The van der Waals surface area contributed by atoms with Gasteiger partial charge in [0.1, 0.15) is 17.7 Å². The summed E-state index contributed by atoms with van der Waals surface area (Å²) < 4.78 is 21.5. The molecule has 2 heterocycles. The molecule has 2 aromatic carbocycles. The summed E-state index contributed by atoms with van der Waals surface area (Å²) in [6.07, 6.45) is 3.29. The van der Waals surface area contributed by atoms with Crippen molar-refractivity contribution >= 4 is 39.3 Å². The Balaban J connectivity index is 1.59. The van der Waals surface area contributed by atoms with Gasteiger partial charge in [-0.05, 0) is 37.3 Å². The third-order valence-corrected chi connectivity index (χ3v) is 4.50. The monoisotopic (exact) mass is 407 g/mol. The number of hydrogen-bond acceptors (Lipinski definition) is 8. The lowest BCUT2D eigenvalue weighted by atomic mass is 10.2. The van der Waals surface area contributed by atoms with Crippen molar-refractivity contribution in [1.29, 1.82) is 0 Å². The molecule has 0 aliphatic carbocycles. The largest absolute Gasteiger partial charge is 0.493 e. The van der Waals surface area contributed by atoms with Crippen molar-refractivity contribution < 1.29 is 23.4 Å². The molecule has 0 spiro atoms. The fourth-order valence-corrected chi connectivity index (χ4v) is 3.09. The number of methoxy groups -OCH3 is 1. The second-order valence-corrected chi connectivity index (χ2v) is 6.44. The van der Waals surface area contributed by atoms with E-state index in [2.05, 4.69) is 15.3 Å². The van der Waals surface area contributed by atoms with Gasteiger partial charge in [0.25, 0.3) is 0 Å². The number of benzene rings is 2. The van der Waals surface area contributed by atoms with Gasteiger partial charge in [0.2, 0.25) is 0 Å². The maximum atomic E-state index is 11.5. The van der Waals surface area contributed by atoms with Crippen LogP contribution in [0.3, 0.4) is 0 Å². The maximum Gasteiger partial charge on any atom is 0.309 e. The summed E-state index contributed by atoms with van der Waals surface area (Å²) in [5, 5.41) is 5.09. The van der Waals surface area contributed by atoms with E-state index in [1.165, 1.54) is 6.33 Å². The smallest absolute Gasteiger partial charge is 0.309 e. The van der Waals surface area contributed by atoms with Crippen LogP contribution in [0.15, 0.2) is 53.4 Å². The quantitative estimate of drug-likeness (QED) is 0.428. The summed E-state index contributed by atoms with van der Waals surface area (Å²) >= 11 is 0. The normalized spacial score (nSPS) is 10.9. The summed E-state index contributed by atoms with van der Waals surface area (Å²) in [6, 6.07) is 11.3. The summed E-state index contributed by atoms with van der Waals surface area (Å²) in [5.74, 6) is 1.35. The van der Waals surface area contributed by atoms with Crippen LogP contribution in [0.4, 0.5) is 11.5 Å². The van der Waals surface area contributed by atoms with E-state index in [-0.39, 0.29) is 19.0 Å². The lowest BCUT2D eigenvalue weighted by Crippen LogP contribution is -2.10. The Labute approximate surface area is 172 Å². The van der Waals surface area contributed by atoms with Crippen LogP contribution in [0.2, 0.25) is 0 Å². The molecule has 8 heteroatoms. The predicted molar refractivity (Wildman–Crippen MR) is 112 cm³/mol. The second kappa shape index (κ2) is 8.69. The highest BCUT2D eigenvalue weighted by atomic mass is 16.5. The van der Waals surface area contributed by atoms with E-state index < -0.39 is 0 Å². The molecule has 0 atom stereocenters. The summed E-state index contributed by atoms with van der Waals surface area (Å²) in [4.78, 5) is 20.2. The van der Waals surface area contributed by atoms with Crippen molar-refractivity contribution in [3.63, 3.8) is 0 Å². The molecule has 0 unspecified atom stereocenters. The van der Waals surface area contributed by atoms with Gasteiger partial charge in [-0.1, -0.05) is 0 Å². The highest BCUT2D eigenvalue weighted by Gasteiger charge is 2.13. The summed E-state index contributed by atoms with van der Waals surface area (Å²) in [7, 11) is 1.56. The van der Waals surface area contributed by atoms with E-state index >= 15 is 0 Å². The van der Waals surface area contributed by atoms with Gasteiger partial charge in [0.05, 0.1) is 38.5 Å². The van der Waals surface area contributed by atoms with E-state index in [9.17, 15) is 4.79 Å². The van der Waals surface area contributed by atoms with E-state index in [1.807, 2.05) is 30.3 Å². The number of carbonyl (C=O) groups excluding carboxylic acids is 1. The molecule has 30 heavy (non-hydrogen) atoms. The average molecular weight is 407 g/mol. The summed E-state index contributed by atoms with van der Waals surface area (Å²) in [6.45, 7) is 2.30. The molecule has 0 aliphatic rings. The van der Waals surface area contributed by atoms with Crippen molar-refractivity contribution in [3.05, 3.63) is 49.0 Å². The molecule has 0 aliphatic heterocycles. The fourth-order valence-electron chi connectivity index (χ4n) is 3.09. The molecule has 0 radical (unpaired) electrons. The zero-order valence-corrected chi connectivity index (χ0v) is 16.7. The molecule has 0 bridgehead atoms. The molecule has 154 valence electrons. The number of furan rings is 1. The minimum Gasteiger partial charge on any atom is -0.493 e. The SMILES string of the molecule is CCOC(=O)CCOc1cc2ncnc(Nc3ccc4occc4c3)c2cc1OC. The van der Waals surface area contributed by atoms with Crippen LogP contribution in [-0.4, -0.2) is 36.3 Å². The third kappa shape index (κ3) is 4.12. The zero-order valence-electron chi connectivity index (χ0n) is 16.7. The van der Waals surface area contributed by atoms with Gasteiger partial charge in [-0.2, -0.15) is 0 Å². The van der Waals surface area contributed by atoms with Crippen LogP contribution >= 0.6 is 0 Å². The number of carbonyl (C=O) groups is 1. The standard InChI is InChI=1S/C22H21N3O5/c1-3-28-21(26)7-9-30-20-12-17-16(11-19(20)27-2)22(24-13-23-17)25-15-4-5-18-14(10-15)6-8-29-18/h4-6,8,10-13H,3,7,9H2,1-2H3,(H,23,24,25). The van der Waals surface area contributed by atoms with E-state index in [1.54, 1.807) is 26.4 Å². The van der Waals surface area contributed by atoms with Crippen molar-refractivity contribution in [2.75, 3.05) is 25.6 Å². The molecule has 2 aromatic heterocycles. The lowest BCUT2D eigenvalue weighted by Gasteiger charge is -2.13. The third-order valence-electron chi connectivity index (χ3n) is 4.50. The maximum absolute atomic E-state index is 11.5. The molecule has 0 amide bonds. The lowest BCUT2D eigenvalue weighted by molar-refractivity contribution is -0.143. The van der Waals surface area contributed by atoms with E-state index in [0.29, 0.717) is 29.4 Å². The first-order valence-electron chi connectivity index (χ1n) is 9.53. The fraction of sp³-hybridized carbons (Fsp3) is 0.227. The molecular formula is C22H21N3O5. The number of hydrogen-bond donors (Lipinski definition) is 1. The van der Waals surface area contributed by atoms with E-state index in [4.69, 9.17) is 18.6 Å². The Kier molecular flexibility index (Phi) is 5.65. The number of nitrogens with zero attached hydrogens (tertiary/aromatic N) is 2. The van der Waals surface area contributed by atoms with E-state index in [0.717, 1.165) is 22.0 Å². The number of rotatable bonds is 8. The number of anilines is 2. The number of nitrogens with one attached hydrogen (secondary N) is 1. The number of fused-ring (bicyclic) bond motifs is 2. The Hall–Kier alpha value is -3.81. The van der Waals surface area contributed by atoms with Crippen LogP contribution in [0.1, 0.15) is 13.3 Å². The minimum atomic E-state index is -0.305. The molecule has 1 N–H and O–H groups in total. The Morgan fingerprint density at radius 2 is 2.03 bits per heavy atom. The van der Waals surface area contributed by atoms with Gasteiger partial charge in [-0.15, -0.1) is 0 Å². The van der Waals surface area contributed by atoms with Crippen LogP contribution in [0, 0.1) is 0 Å². The van der Waals surface area contributed by atoms with Crippen molar-refractivity contribution in [3.8, 4) is 11.5 Å². The van der Waals surface area contributed by atoms with Gasteiger partial charge >= 0.3 is 5.97 Å². The second-order valence-electron chi connectivity index (χ2n) is 6.44. The van der Waals surface area contributed by atoms with Gasteiger partial charge in [0, 0.05) is 22.5 Å². The number of esters is 1. The first kappa shape index (κ1) is 19.5. The molecule has 4 rings (SSSR count). The number of aromatic nitrogens is 2. The predicted octanol–water partition coefficient (Wildman–Crippen LogP) is 4.46. The molecular weight excluding hydrogens is 386 g/mol. The van der Waals surface area contributed by atoms with Crippen molar-refractivity contribution in [2.45, 2.75) is 13.3 Å². The molecule has 0 fully saturated rings. The zero-order chi connectivity index (χ0) is 20.9. The van der Waals surface area contributed by atoms with Gasteiger partial charge in [-0.25, -0.2) is 9.97 Å². The van der Waals surface area contributed by atoms with Crippen LogP contribution in [-0.2, 0) is 9.53 Å². The van der Waals surface area contributed by atoms with Crippen LogP contribution in [0.5, 0.6) is 11.5 Å².